The van der Waals surface area contributed by atoms with Crippen molar-refractivity contribution in [1.82, 2.24) is 0 Å². The lowest BCUT2D eigenvalue weighted by Gasteiger charge is -2.33. The molecular formula is C19H38O. The van der Waals surface area contributed by atoms with E-state index in [-0.39, 0.29) is 5.60 Å². The van der Waals surface area contributed by atoms with Gasteiger partial charge in [0, 0.05) is 0 Å². The predicted octanol–water partition coefficient (Wildman–Crippen LogP) is 6.36. The van der Waals surface area contributed by atoms with Crippen LogP contribution in [0.3, 0.4) is 0 Å². The van der Waals surface area contributed by atoms with Gasteiger partial charge in [0.25, 0.3) is 0 Å². The molecule has 0 unspecified atom stereocenters. The van der Waals surface area contributed by atoms with E-state index in [4.69, 9.17) is 4.74 Å². The molecule has 0 atom stereocenters. The van der Waals surface area contributed by atoms with Crippen molar-refractivity contribution >= 4 is 0 Å². The topological polar surface area (TPSA) is 9.23 Å². The lowest BCUT2D eigenvalue weighted by atomic mass is 9.81. The number of unbranched alkanes of at least 4 members (excludes halogenated alkanes) is 2. The van der Waals surface area contributed by atoms with E-state index in [0.29, 0.717) is 10.8 Å². The summed E-state index contributed by atoms with van der Waals surface area (Å²) in [6.45, 7) is 14.6. The van der Waals surface area contributed by atoms with Crippen molar-refractivity contribution in [3.8, 4) is 0 Å². The Morgan fingerprint density at radius 1 is 0.850 bits per heavy atom. The molecule has 1 heteroatoms. The number of rotatable bonds is 7. The van der Waals surface area contributed by atoms with E-state index in [2.05, 4.69) is 41.5 Å². The van der Waals surface area contributed by atoms with Crippen molar-refractivity contribution in [2.24, 2.45) is 10.8 Å². The smallest absolute Gasteiger partial charge is 0.0598 e. The Hall–Kier alpha value is -0.0400. The molecule has 20 heavy (non-hydrogen) atoms. The van der Waals surface area contributed by atoms with Crippen LogP contribution in [-0.2, 0) is 4.74 Å². The molecule has 0 N–H and O–H groups in total. The summed E-state index contributed by atoms with van der Waals surface area (Å²) in [5.74, 6) is 0. The normalized spacial score (nSPS) is 19.5. The number of ether oxygens (including phenoxy) is 1. The van der Waals surface area contributed by atoms with Gasteiger partial charge in [0.2, 0.25) is 0 Å². The van der Waals surface area contributed by atoms with Crippen LogP contribution in [0.2, 0.25) is 0 Å². The first kappa shape index (κ1) is 18.0. The highest BCUT2D eigenvalue weighted by Gasteiger charge is 2.34. The maximum absolute atomic E-state index is 6.13. The van der Waals surface area contributed by atoms with Crippen LogP contribution in [0.4, 0.5) is 0 Å². The fraction of sp³-hybridized carbons (Fsp3) is 1.00. The van der Waals surface area contributed by atoms with Crippen LogP contribution < -0.4 is 0 Å². The molecule has 1 fully saturated rings. The molecule has 0 aromatic carbocycles. The summed E-state index contributed by atoms with van der Waals surface area (Å²) in [5.41, 5.74) is 1.03. The molecule has 0 radical (unpaired) electrons. The van der Waals surface area contributed by atoms with Crippen LogP contribution in [0.15, 0.2) is 0 Å². The molecule has 0 aromatic rings. The minimum atomic E-state index is 0.0157. The summed E-state index contributed by atoms with van der Waals surface area (Å²) in [4.78, 5) is 0. The first-order chi connectivity index (χ1) is 9.12. The third kappa shape index (κ3) is 7.67. The quantitative estimate of drug-likeness (QED) is 0.494. The van der Waals surface area contributed by atoms with Gasteiger partial charge in [0.1, 0.15) is 0 Å². The van der Waals surface area contributed by atoms with Crippen molar-refractivity contribution in [1.29, 1.82) is 0 Å². The molecule has 0 bridgehead atoms. The van der Waals surface area contributed by atoms with Crippen LogP contribution in [-0.4, -0.2) is 12.2 Å². The van der Waals surface area contributed by atoms with Crippen molar-refractivity contribution in [2.45, 2.75) is 105 Å². The molecule has 0 amide bonds. The third-order valence-corrected chi connectivity index (χ3v) is 4.61. The van der Waals surface area contributed by atoms with E-state index in [1.54, 1.807) is 0 Å². The Balaban J connectivity index is 2.29. The van der Waals surface area contributed by atoms with Gasteiger partial charge in [-0.25, -0.2) is 0 Å². The third-order valence-electron chi connectivity index (χ3n) is 4.61. The van der Waals surface area contributed by atoms with Gasteiger partial charge in [-0.2, -0.15) is 0 Å². The molecule has 1 saturated carbocycles. The van der Waals surface area contributed by atoms with Crippen molar-refractivity contribution in [3.05, 3.63) is 0 Å². The fourth-order valence-corrected chi connectivity index (χ4v) is 3.29. The zero-order chi connectivity index (χ0) is 15.3. The summed E-state index contributed by atoms with van der Waals surface area (Å²) in [6.07, 6.45) is 12.5. The van der Waals surface area contributed by atoms with E-state index in [9.17, 15) is 0 Å². The molecule has 120 valence electrons. The Morgan fingerprint density at radius 2 is 1.45 bits per heavy atom. The van der Waals surface area contributed by atoms with Crippen molar-refractivity contribution in [3.63, 3.8) is 0 Å². The van der Waals surface area contributed by atoms with Gasteiger partial charge in [-0.1, -0.05) is 52.9 Å². The highest BCUT2D eigenvalue weighted by Crippen LogP contribution is 2.43. The van der Waals surface area contributed by atoms with Gasteiger partial charge in [-0.3, -0.25) is 0 Å². The lowest BCUT2D eigenvalue weighted by Crippen LogP contribution is -2.30. The maximum Gasteiger partial charge on any atom is 0.0598 e. The molecule has 0 heterocycles. The van der Waals surface area contributed by atoms with Crippen molar-refractivity contribution < 1.29 is 4.74 Å². The Morgan fingerprint density at radius 3 is 1.95 bits per heavy atom. The van der Waals surface area contributed by atoms with Gasteiger partial charge in [-0.05, 0) is 57.3 Å². The van der Waals surface area contributed by atoms with E-state index in [1.165, 1.54) is 57.8 Å². The molecule has 1 aliphatic carbocycles. The monoisotopic (exact) mass is 282 g/mol. The van der Waals surface area contributed by atoms with Gasteiger partial charge in [-0.15, -0.1) is 0 Å². The van der Waals surface area contributed by atoms with Crippen LogP contribution in [0.1, 0.15) is 99.3 Å². The van der Waals surface area contributed by atoms with Crippen molar-refractivity contribution in [2.75, 3.05) is 6.61 Å². The minimum absolute atomic E-state index is 0.0157. The van der Waals surface area contributed by atoms with E-state index >= 15 is 0 Å². The van der Waals surface area contributed by atoms with Crippen LogP contribution in [0, 0.1) is 10.8 Å². The first-order valence-corrected chi connectivity index (χ1v) is 8.76. The summed E-state index contributed by atoms with van der Waals surface area (Å²) in [5, 5.41) is 0. The standard InChI is InChI=1S/C19H38O/c1-17(2,3)12-8-7-9-13-19(14-10-11-15-19)16-20-18(4,5)6/h7-16H2,1-6H3. The largest absolute Gasteiger partial charge is 0.375 e. The highest BCUT2D eigenvalue weighted by atomic mass is 16.5. The molecule has 0 aliphatic heterocycles. The zero-order valence-corrected chi connectivity index (χ0v) is 15.0. The molecule has 0 spiro atoms. The van der Waals surface area contributed by atoms with E-state index < -0.39 is 0 Å². The molecular weight excluding hydrogens is 244 g/mol. The minimum Gasteiger partial charge on any atom is -0.375 e. The fourth-order valence-electron chi connectivity index (χ4n) is 3.29. The summed E-state index contributed by atoms with van der Waals surface area (Å²) in [7, 11) is 0. The lowest BCUT2D eigenvalue weighted by molar-refractivity contribution is -0.0540. The Bertz CT molecular complexity index is 260. The average molecular weight is 283 g/mol. The zero-order valence-electron chi connectivity index (χ0n) is 15.0. The Labute approximate surface area is 127 Å². The molecule has 0 aromatic heterocycles. The second-order valence-corrected chi connectivity index (χ2v) is 9.23. The van der Waals surface area contributed by atoms with Crippen LogP contribution in [0.5, 0.6) is 0 Å². The first-order valence-electron chi connectivity index (χ1n) is 8.76. The summed E-state index contributed by atoms with van der Waals surface area (Å²) in [6, 6.07) is 0. The summed E-state index contributed by atoms with van der Waals surface area (Å²) < 4.78 is 6.13. The van der Waals surface area contributed by atoms with Gasteiger partial charge >= 0.3 is 0 Å². The summed E-state index contributed by atoms with van der Waals surface area (Å²) >= 11 is 0. The van der Waals surface area contributed by atoms with Gasteiger partial charge in [0.05, 0.1) is 12.2 Å². The number of hydrogen-bond donors (Lipinski definition) is 0. The SMILES string of the molecule is CC(C)(C)CCCCCC1(COC(C)(C)C)CCCC1. The highest BCUT2D eigenvalue weighted by molar-refractivity contribution is 4.85. The van der Waals surface area contributed by atoms with Gasteiger partial charge < -0.3 is 4.74 Å². The maximum atomic E-state index is 6.13. The van der Waals surface area contributed by atoms with Crippen LogP contribution >= 0.6 is 0 Å². The average Bonchev–Trinajstić information content (AvgIpc) is 2.73. The van der Waals surface area contributed by atoms with E-state index in [1.807, 2.05) is 0 Å². The Kier molecular flexibility index (Phi) is 6.57. The number of hydrogen-bond acceptors (Lipinski definition) is 1. The van der Waals surface area contributed by atoms with Crippen LogP contribution in [0.25, 0.3) is 0 Å². The predicted molar refractivity (Wildman–Crippen MR) is 89.1 cm³/mol. The second-order valence-electron chi connectivity index (χ2n) is 9.23. The van der Waals surface area contributed by atoms with Gasteiger partial charge in [0.15, 0.2) is 0 Å². The molecule has 1 rings (SSSR count). The van der Waals surface area contributed by atoms with E-state index in [0.717, 1.165) is 6.61 Å². The molecule has 0 saturated heterocycles. The molecule has 1 aliphatic rings. The second kappa shape index (κ2) is 7.29. The molecule has 1 nitrogen and oxygen atoms in total.